The van der Waals surface area contributed by atoms with Gasteiger partial charge in [0.25, 0.3) is 11.8 Å². The predicted octanol–water partition coefficient (Wildman–Crippen LogP) is 3.91. The van der Waals surface area contributed by atoms with Gasteiger partial charge in [0.2, 0.25) is 0 Å². The van der Waals surface area contributed by atoms with E-state index >= 15 is 0 Å². The summed E-state index contributed by atoms with van der Waals surface area (Å²) in [5.41, 5.74) is 2.87. The van der Waals surface area contributed by atoms with Gasteiger partial charge in [-0.1, -0.05) is 25.1 Å². The number of carbonyl (C=O) groups excluding carboxylic acids is 2. The number of hydrogen-bond acceptors (Lipinski definition) is 4. The number of carbonyl (C=O) groups is 2. The average molecular weight is 375 g/mol. The number of rotatable bonds is 7. The first kappa shape index (κ1) is 19.1. The lowest BCUT2D eigenvalue weighted by molar-refractivity contribution is -0.118. The molecule has 0 aliphatic heterocycles. The molecule has 142 valence electrons. The fourth-order valence-corrected chi connectivity index (χ4v) is 2.55. The van der Waals surface area contributed by atoms with Gasteiger partial charge in [-0.25, -0.2) is 0 Å². The molecule has 0 atom stereocenters. The summed E-state index contributed by atoms with van der Waals surface area (Å²) in [5, 5.41) is 5.55. The third kappa shape index (κ3) is 5.41. The summed E-state index contributed by atoms with van der Waals surface area (Å²) in [5.74, 6) is 0.118. The Kier molecular flexibility index (Phi) is 6.36. The van der Waals surface area contributed by atoms with E-state index in [2.05, 4.69) is 22.5 Å². The maximum absolute atomic E-state index is 12.2. The van der Waals surface area contributed by atoms with Crippen LogP contribution < -0.4 is 15.4 Å². The quantitative estimate of drug-likeness (QED) is 0.656. The summed E-state index contributed by atoms with van der Waals surface area (Å²) in [6.45, 7) is 1.98. The molecule has 6 heteroatoms. The molecular weight excluding hydrogens is 354 g/mol. The van der Waals surface area contributed by atoms with Crippen LogP contribution in [0.5, 0.6) is 5.75 Å². The van der Waals surface area contributed by atoms with Gasteiger partial charge in [0.05, 0.1) is 0 Å². The number of anilines is 2. The first-order chi connectivity index (χ1) is 13.6. The molecule has 0 fully saturated rings. The number of nitrogens with zero attached hydrogens (tertiary/aromatic N) is 1. The Bertz CT molecular complexity index is 941. The van der Waals surface area contributed by atoms with E-state index in [0.29, 0.717) is 22.7 Å². The smallest absolute Gasteiger partial charge is 0.262 e. The zero-order valence-corrected chi connectivity index (χ0v) is 15.5. The number of ether oxygens (including phenoxy) is 1. The minimum absolute atomic E-state index is 0.0981. The maximum atomic E-state index is 12.2. The van der Waals surface area contributed by atoms with Crippen LogP contribution in [0.25, 0.3) is 0 Å². The van der Waals surface area contributed by atoms with E-state index < -0.39 is 0 Å². The first-order valence-electron chi connectivity index (χ1n) is 8.97. The highest BCUT2D eigenvalue weighted by molar-refractivity contribution is 6.04. The normalized spacial score (nSPS) is 10.2. The molecule has 3 rings (SSSR count). The minimum atomic E-state index is -0.280. The molecule has 1 aromatic heterocycles. The van der Waals surface area contributed by atoms with Crippen molar-refractivity contribution in [3.05, 3.63) is 84.2 Å². The topological polar surface area (TPSA) is 80.3 Å². The zero-order chi connectivity index (χ0) is 19.8. The summed E-state index contributed by atoms with van der Waals surface area (Å²) in [7, 11) is 0. The van der Waals surface area contributed by atoms with Crippen molar-refractivity contribution in [2.24, 2.45) is 0 Å². The van der Waals surface area contributed by atoms with Crippen LogP contribution >= 0.6 is 0 Å². The molecule has 0 saturated carbocycles. The lowest BCUT2D eigenvalue weighted by atomic mass is 10.2. The molecule has 1 heterocycles. The van der Waals surface area contributed by atoms with Crippen LogP contribution in [-0.4, -0.2) is 23.4 Å². The summed E-state index contributed by atoms with van der Waals surface area (Å²) in [6, 6.07) is 17.8. The van der Waals surface area contributed by atoms with Gasteiger partial charge in [-0.05, 0) is 54.4 Å². The Balaban J connectivity index is 1.54. The summed E-state index contributed by atoms with van der Waals surface area (Å²) in [4.78, 5) is 28.2. The molecule has 0 bridgehead atoms. The second-order valence-electron chi connectivity index (χ2n) is 6.11. The van der Waals surface area contributed by atoms with Gasteiger partial charge in [0.1, 0.15) is 5.75 Å². The van der Waals surface area contributed by atoms with Gasteiger partial charge < -0.3 is 15.4 Å². The molecule has 2 amide bonds. The van der Waals surface area contributed by atoms with Gasteiger partial charge in [0, 0.05) is 29.3 Å². The van der Waals surface area contributed by atoms with Gasteiger partial charge >= 0.3 is 0 Å². The van der Waals surface area contributed by atoms with Crippen molar-refractivity contribution in [3.63, 3.8) is 0 Å². The van der Waals surface area contributed by atoms with Crippen LogP contribution in [0.15, 0.2) is 73.1 Å². The highest BCUT2D eigenvalue weighted by Gasteiger charge is 2.08. The Labute approximate surface area is 163 Å². The van der Waals surface area contributed by atoms with Crippen molar-refractivity contribution in [1.82, 2.24) is 4.98 Å². The lowest BCUT2D eigenvalue weighted by Crippen LogP contribution is -2.20. The third-order valence-corrected chi connectivity index (χ3v) is 4.05. The molecule has 0 radical (unpaired) electrons. The second kappa shape index (κ2) is 9.32. The van der Waals surface area contributed by atoms with E-state index in [1.165, 1.54) is 5.56 Å². The first-order valence-corrected chi connectivity index (χ1v) is 8.97. The molecular formula is C22H21N3O3. The van der Waals surface area contributed by atoms with Crippen molar-refractivity contribution in [2.75, 3.05) is 17.2 Å². The number of pyridine rings is 1. The van der Waals surface area contributed by atoms with Crippen LogP contribution in [0, 0.1) is 0 Å². The predicted molar refractivity (Wildman–Crippen MR) is 109 cm³/mol. The summed E-state index contributed by atoms with van der Waals surface area (Å²) >= 11 is 0. The lowest BCUT2D eigenvalue weighted by Gasteiger charge is -2.10. The van der Waals surface area contributed by atoms with E-state index in [1.54, 1.807) is 48.8 Å². The Morgan fingerprint density at radius 3 is 2.29 bits per heavy atom. The number of nitrogens with one attached hydrogen (secondary N) is 2. The molecule has 2 N–H and O–H groups in total. The molecule has 6 nitrogen and oxygen atoms in total. The van der Waals surface area contributed by atoms with Crippen molar-refractivity contribution < 1.29 is 14.3 Å². The SMILES string of the molecule is CCc1ccc(OCC(=O)Nc2cccc(NC(=O)c3ccncc3)c2)cc1. The molecule has 0 unspecified atom stereocenters. The molecule has 28 heavy (non-hydrogen) atoms. The van der Waals surface area contributed by atoms with E-state index in [-0.39, 0.29) is 18.4 Å². The van der Waals surface area contributed by atoms with Gasteiger partial charge in [-0.2, -0.15) is 0 Å². The Morgan fingerprint density at radius 1 is 0.929 bits per heavy atom. The van der Waals surface area contributed by atoms with Crippen molar-refractivity contribution >= 4 is 23.2 Å². The number of aromatic nitrogens is 1. The van der Waals surface area contributed by atoms with Crippen LogP contribution in [0.4, 0.5) is 11.4 Å². The summed E-state index contributed by atoms with van der Waals surface area (Å²) < 4.78 is 5.50. The van der Waals surface area contributed by atoms with Crippen LogP contribution in [0.1, 0.15) is 22.8 Å². The van der Waals surface area contributed by atoms with Gasteiger partial charge in [-0.3, -0.25) is 14.6 Å². The molecule has 2 aromatic carbocycles. The highest BCUT2D eigenvalue weighted by atomic mass is 16.5. The number of aryl methyl sites for hydroxylation is 1. The monoisotopic (exact) mass is 375 g/mol. The van der Waals surface area contributed by atoms with Gasteiger partial charge in [-0.15, -0.1) is 0 Å². The van der Waals surface area contributed by atoms with Crippen molar-refractivity contribution in [1.29, 1.82) is 0 Å². The second-order valence-corrected chi connectivity index (χ2v) is 6.11. The van der Waals surface area contributed by atoms with Crippen molar-refractivity contribution in [3.8, 4) is 5.75 Å². The molecule has 3 aromatic rings. The van der Waals surface area contributed by atoms with E-state index in [4.69, 9.17) is 4.74 Å². The Hall–Kier alpha value is -3.67. The molecule has 0 saturated heterocycles. The van der Waals surface area contributed by atoms with E-state index in [0.717, 1.165) is 6.42 Å². The van der Waals surface area contributed by atoms with Crippen molar-refractivity contribution in [2.45, 2.75) is 13.3 Å². The van der Waals surface area contributed by atoms with E-state index in [1.807, 2.05) is 24.3 Å². The Morgan fingerprint density at radius 2 is 1.61 bits per heavy atom. The summed E-state index contributed by atoms with van der Waals surface area (Å²) in [6.07, 6.45) is 4.07. The standard InChI is InChI=1S/C22H21N3O3/c1-2-16-6-8-20(9-7-16)28-15-21(26)24-18-4-3-5-19(14-18)25-22(27)17-10-12-23-13-11-17/h3-14H,2,15H2,1H3,(H,24,26)(H,25,27). The van der Waals surface area contributed by atoms with Crippen LogP contribution in [-0.2, 0) is 11.2 Å². The highest BCUT2D eigenvalue weighted by Crippen LogP contribution is 2.17. The number of benzene rings is 2. The fourth-order valence-electron chi connectivity index (χ4n) is 2.55. The number of hydrogen-bond donors (Lipinski definition) is 2. The van der Waals surface area contributed by atoms with Gasteiger partial charge in [0.15, 0.2) is 6.61 Å². The fraction of sp³-hybridized carbons (Fsp3) is 0.136. The minimum Gasteiger partial charge on any atom is -0.484 e. The van der Waals surface area contributed by atoms with Crippen LogP contribution in [0.2, 0.25) is 0 Å². The largest absolute Gasteiger partial charge is 0.484 e. The molecule has 0 spiro atoms. The zero-order valence-electron chi connectivity index (χ0n) is 15.5. The maximum Gasteiger partial charge on any atom is 0.262 e. The van der Waals surface area contributed by atoms with Crippen LogP contribution in [0.3, 0.4) is 0 Å². The number of amides is 2. The molecule has 0 aliphatic carbocycles. The third-order valence-electron chi connectivity index (χ3n) is 4.05. The average Bonchev–Trinajstić information content (AvgIpc) is 2.73. The van der Waals surface area contributed by atoms with E-state index in [9.17, 15) is 9.59 Å². The molecule has 0 aliphatic rings.